The van der Waals surface area contributed by atoms with Crippen molar-refractivity contribution in [1.82, 2.24) is 10.6 Å². The molecule has 1 aliphatic rings. The molecule has 1 aliphatic heterocycles. The van der Waals surface area contributed by atoms with Crippen LogP contribution < -0.4 is 16.4 Å². The number of nitrogens with two attached hydrogens (primary N) is 1. The number of hydrogen-bond donors (Lipinski definition) is 3. The van der Waals surface area contributed by atoms with E-state index in [1.54, 1.807) is 24.3 Å². The van der Waals surface area contributed by atoms with Gasteiger partial charge in [-0.3, -0.25) is 4.79 Å². The Labute approximate surface area is 195 Å². The van der Waals surface area contributed by atoms with Gasteiger partial charge in [-0.1, -0.05) is 38.1 Å². The summed E-state index contributed by atoms with van der Waals surface area (Å²) in [4.78, 5) is 12.8. The molecule has 1 unspecified atom stereocenters. The zero-order chi connectivity index (χ0) is 24.2. The fourth-order valence-electron chi connectivity index (χ4n) is 3.60. The van der Waals surface area contributed by atoms with E-state index in [0.717, 1.165) is 41.8 Å². The van der Waals surface area contributed by atoms with E-state index in [1.165, 1.54) is 31.3 Å². The van der Waals surface area contributed by atoms with Crippen molar-refractivity contribution in [2.45, 2.75) is 20.3 Å². The molecule has 33 heavy (non-hydrogen) atoms. The van der Waals surface area contributed by atoms with E-state index in [0.29, 0.717) is 18.0 Å². The third kappa shape index (κ3) is 7.48. The second-order valence-electron chi connectivity index (χ2n) is 7.38. The third-order valence-corrected chi connectivity index (χ3v) is 5.26. The zero-order valence-corrected chi connectivity index (χ0v) is 19.5. The minimum absolute atomic E-state index is 0.149. The lowest BCUT2D eigenvalue weighted by Crippen LogP contribution is -2.30. The van der Waals surface area contributed by atoms with Gasteiger partial charge >= 0.3 is 0 Å². The number of carbonyl (C=O) groups is 1. The summed E-state index contributed by atoms with van der Waals surface area (Å²) in [6.45, 7) is 6.52. The van der Waals surface area contributed by atoms with E-state index < -0.39 is 0 Å². The molecule has 4 N–H and O–H groups in total. The van der Waals surface area contributed by atoms with Crippen molar-refractivity contribution in [3.05, 3.63) is 83.9 Å². The normalized spacial score (nSPS) is 14.4. The maximum absolute atomic E-state index is 13.3. The van der Waals surface area contributed by atoms with Crippen LogP contribution in [0.3, 0.4) is 0 Å². The molecule has 176 valence electrons. The molecule has 1 atom stereocenters. The van der Waals surface area contributed by atoms with Crippen molar-refractivity contribution < 1.29 is 13.6 Å². The predicted molar refractivity (Wildman–Crippen MR) is 132 cm³/mol. The van der Waals surface area contributed by atoms with Crippen molar-refractivity contribution in [2.24, 2.45) is 11.7 Å². The first-order valence-electron chi connectivity index (χ1n) is 11.3. The molecule has 0 radical (unpaired) electrons. The van der Waals surface area contributed by atoms with Crippen LogP contribution in [-0.2, 0) is 0 Å². The number of halogens is 2. The first-order chi connectivity index (χ1) is 16.1. The molecule has 3 aromatic rings. The van der Waals surface area contributed by atoms with E-state index in [-0.39, 0.29) is 17.5 Å². The van der Waals surface area contributed by atoms with Gasteiger partial charge in [-0.25, -0.2) is 8.78 Å². The SMILES string of the molecule is CC.CN.O=C(NCC1CCNC1)c1cc(-c2ccc(F)cc2)cc(-c2ccc(F)cc2)c1. The summed E-state index contributed by atoms with van der Waals surface area (Å²) in [5.74, 6) is -0.335. The van der Waals surface area contributed by atoms with E-state index in [2.05, 4.69) is 16.4 Å². The van der Waals surface area contributed by atoms with Crippen LogP contribution in [0, 0.1) is 17.6 Å². The smallest absolute Gasteiger partial charge is 0.251 e. The average Bonchev–Trinajstić information content (AvgIpc) is 3.39. The first kappa shape index (κ1) is 26.2. The maximum Gasteiger partial charge on any atom is 0.251 e. The summed E-state index contributed by atoms with van der Waals surface area (Å²) in [6, 6.07) is 17.9. The molecule has 6 heteroatoms. The third-order valence-electron chi connectivity index (χ3n) is 5.26. The van der Waals surface area contributed by atoms with Crippen molar-refractivity contribution in [1.29, 1.82) is 0 Å². The summed E-state index contributed by atoms with van der Waals surface area (Å²) >= 11 is 0. The lowest BCUT2D eigenvalue weighted by molar-refractivity contribution is 0.0948. The molecule has 1 heterocycles. The molecule has 0 spiro atoms. The van der Waals surface area contributed by atoms with Gasteiger partial charge in [-0.05, 0) is 97.2 Å². The second kappa shape index (κ2) is 13.5. The van der Waals surface area contributed by atoms with Crippen LogP contribution in [0.5, 0.6) is 0 Å². The van der Waals surface area contributed by atoms with E-state index >= 15 is 0 Å². The molecule has 1 fully saturated rings. The molecule has 0 aromatic heterocycles. The van der Waals surface area contributed by atoms with E-state index in [1.807, 2.05) is 32.0 Å². The van der Waals surface area contributed by atoms with Crippen LogP contribution in [0.15, 0.2) is 66.7 Å². The quantitative estimate of drug-likeness (QED) is 0.495. The van der Waals surface area contributed by atoms with Crippen LogP contribution in [0.25, 0.3) is 22.3 Å². The van der Waals surface area contributed by atoms with Crippen molar-refractivity contribution >= 4 is 5.91 Å². The van der Waals surface area contributed by atoms with Gasteiger partial charge in [-0.15, -0.1) is 0 Å². The van der Waals surface area contributed by atoms with Crippen LogP contribution in [0.1, 0.15) is 30.6 Å². The summed E-state index contributed by atoms with van der Waals surface area (Å²) in [5, 5.41) is 6.31. The molecular formula is C27H33F2N3O. The molecule has 0 saturated carbocycles. The number of nitrogens with one attached hydrogen (secondary N) is 2. The molecule has 4 nitrogen and oxygen atoms in total. The highest BCUT2D eigenvalue weighted by molar-refractivity contribution is 5.97. The number of hydrogen-bond acceptors (Lipinski definition) is 3. The number of carbonyl (C=O) groups excluding carboxylic acids is 1. The Morgan fingerprint density at radius 1 is 0.879 bits per heavy atom. The summed E-state index contributed by atoms with van der Waals surface area (Å²) in [6.07, 6.45) is 1.05. The fourth-order valence-corrected chi connectivity index (χ4v) is 3.60. The van der Waals surface area contributed by atoms with Gasteiger partial charge in [0.1, 0.15) is 11.6 Å². The fraction of sp³-hybridized carbons (Fsp3) is 0.296. The minimum Gasteiger partial charge on any atom is -0.352 e. The standard InChI is InChI=1S/C24H22F2N2O.C2H6.CH5N/c25-22-5-1-17(2-6-22)19-11-20(18-3-7-23(26)8-4-18)13-21(12-19)24(29)28-15-16-9-10-27-14-16;2*1-2/h1-8,11-13,16,27H,9-10,14-15H2,(H,28,29);1-2H3;2H2,1H3. The van der Waals surface area contributed by atoms with E-state index in [9.17, 15) is 13.6 Å². The summed E-state index contributed by atoms with van der Waals surface area (Å²) in [5.41, 5.74) is 8.25. The zero-order valence-electron chi connectivity index (χ0n) is 19.5. The highest BCUT2D eigenvalue weighted by Gasteiger charge is 2.17. The van der Waals surface area contributed by atoms with Crippen molar-refractivity contribution in [3.63, 3.8) is 0 Å². The average molecular weight is 454 g/mol. The lowest BCUT2D eigenvalue weighted by atomic mass is 9.95. The Kier molecular flexibility index (Phi) is 10.7. The Morgan fingerprint density at radius 3 is 1.79 bits per heavy atom. The van der Waals surface area contributed by atoms with Gasteiger partial charge in [-0.2, -0.15) is 0 Å². The molecule has 0 bridgehead atoms. The predicted octanol–water partition coefficient (Wildman–Crippen LogP) is 5.24. The Bertz CT molecular complexity index is 935. The molecule has 3 aromatic carbocycles. The summed E-state index contributed by atoms with van der Waals surface area (Å²) in [7, 11) is 1.50. The first-order valence-corrected chi connectivity index (χ1v) is 11.3. The van der Waals surface area contributed by atoms with Crippen LogP contribution in [0.4, 0.5) is 8.78 Å². The highest BCUT2D eigenvalue weighted by Crippen LogP contribution is 2.29. The van der Waals surface area contributed by atoms with Crippen molar-refractivity contribution in [3.8, 4) is 22.3 Å². The molecule has 0 aliphatic carbocycles. The Morgan fingerprint density at radius 2 is 1.36 bits per heavy atom. The minimum atomic E-state index is -0.313. The van der Waals surface area contributed by atoms with Crippen LogP contribution in [-0.4, -0.2) is 32.6 Å². The molecule has 1 saturated heterocycles. The lowest BCUT2D eigenvalue weighted by Gasteiger charge is -2.13. The van der Waals surface area contributed by atoms with Gasteiger partial charge in [0.05, 0.1) is 0 Å². The van der Waals surface area contributed by atoms with Crippen molar-refractivity contribution in [2.75, 3.05) is 26.7 Å². The monoisotopic (exact) mass is 453 g/mol. The van der Waals surface area contributed by atoms with Crippen LogP contribution in [0.2, 0.25) is 0 Å². The topological polar surface area (TPSA) is 67.2 Å². The largest absolute Gasteiger partial charge is 0.352 e. The van der Waals surface area contributed by atoms with E-state index in [4.69, 9.17) is 0 Å². The second-order valence-corrected chi connectivity index (χ2v) is 7.38. The Balaban J connectivity index is 0.000000914. The van der Waals surface area contributed by atoms with Gasteiger partial charge in [0.25, 0.3) is 5.91 Å². The number of rotatable bonds is 5. The highest BCUT2D eigenvalue weighted by atomic mass is 19.1. The molecule has 4 rings (SSSR count). The van der Waals surface area contributed by atoms with Gasteiger partial charge in [0.2, 0.25) is 0 Å². The van der Waals surface area contributed by atoms with Gasteiger partial charge in [0, 0.05) is 12.1 Å². The number of amides is 1. The van der Waals surface area contributed by atoms with Gasteiger partial charge in [0.15, 0.2) is 0 Å². The maximum atomic E-state index is 13.3. The van der Waals surface area contributed by atoms with Gasteiger partial charge < -0.3 is 16.4 Å². The molecule has 1 amide bonds. The van der Waals surface area contributed by atoms with Crippen LogP contribution >= 0.6 is 0 Å². The molecular weight excluding hydrogens is 420 g/mol. The summed E-state index contributed by atoms with van der Waals surface area (Å²) < 4.78 is 26.7. The Hall–Kier alpha value is -3.09. The number of benzene rings is 3.